The molecule has 0 spiro atoms. The second-order valence-electron chi connectivity index (χ2n) is 5.09. The maximum Gasteiger partial charge on any atom is 0.240 e. The molecule has 1 aromatic rings. The Bertz CT molecular complexity index is 473. The van der Waals surface area contributed by atoms with Gasteiger partial charge in [0.2, 0.25) is 5.91 Å². The number of halogens is 1. The van der Waals surface area contributed by atoms with Gasteiger partial charge in [-0.05, 0) is 26.0 Å². The Morgan fingerprint density at radius 3 is 2.89 bits per heavy atom. The Labute approximate surface area is 106 Å². The first-order valence-corrected chi connectivity index (χ1v) is 5.98. The van der Waals surface area contributed by atoms with Crippen molar-refractivity contribution in [3.63, 3.8) is 0 Å². The van der Waals surface area contributed by atoms with E-state index in [9.17, 15) is 9.18 Å². The zero-order chi connectivity index (χ0) is 13.3. The third-order valence-electron chi connectivity index (χ3n) is 3.45. The SMILES string of the molecule is CC1(C)C(=O)NCCN1Cc1ccc(N)cc1F. The van der Waals surface area contributed by atoms with Crippen molar-refractivity contribution < 1.29 is 9.18 Å². The lowest BCUT2D eigenvalue weighted by Gasteiger charge is -2.41. The number of piperazine rings is 1. The summed E-state index contributed by atoms with van der Waals surface area (Å²) in [6.45, 7) is 5.40. The molecule has 0 aliphatic carbocycles. The summed E-state index contributed by atoms with van der Waals surface area (Å²) in [5.74, 6) is -0.346. The van der Waals surface area contributed by atoms with Crippen LogP contribution in [0.4, 0.5) is 10.1 Å². The number of carbonyl (C=O) groups excluding carboxylic acids is 1. The minimum absolute atomic E-state index is 0.0235. The van der Waals surface area contributed by atoms with Gasteiger partial charge in [0.05, 0.1) is 5.54 Å². The first-order valence-electron chi connectivity index (χ1n) is 5.98. The number of rotatable bonds is 2. The van der Waals surface area contributed by atoms with E-state index in [0.29, 0.717) is 30.9 Å². The van der Waals surface area contributed by atoms with E-state index in [0.717, 1.165) is 0 Å². The number of amides is 1. The van der Waals surface area contributed by atoms with Crippen LogP contribution in [0.15, 0.2) is 18.2 Å². The number of hydrogen-bond donors (Lipinski definition) is 2. The average molecular weight is 251 g/mol. The molecule has 1 fully saturated rings. The molecule has 18 heavy (non-hydrogen) atoms. The standard InChI is InChI=1S/C13H18FN3O/c1-13(2)12(18)16-5-6-17(13)8-9-3-4-10(15)7-11(9)14/h3-4,7H,5-6,8,15H2,1-2H3,(H,16,18). The summed E-state index contributed by atoms with van der Waals surface area (Å²) in [6.07, 6.45) is 0. The van der Waals surface area contributed by atoms with Crippen molar-refractivity contribution in [3.8, 4) is 0 Å². The van der Waals surface area contributed by atoms with Crippen LogP contribution in [0.25, 0.3) is 0 Å². The van der Waals surface area contributed by atoms with Gasteiger partial charge in [-0.3, -0.25) is 9.69 Å². The molecular weight excluding hydrogens is 233 g/mol. The molecule has 1 heterocycles. The van der Waals surface area contributed by atoms with Gasteiger partial charge in [-0.1, -0.05) is 6.07 Å². The zero-order valence-electron chi connectivity index (χ0n) is 10.7. The van der Waals surface area contributed by atoms with E-state index in [2.05, 4.69) is 5.32 Å². The lowest BCUT2D eigenvalue weighted by molar-refractivity contribution is -0.135. The first-order chi connectivity index (χ1) is 8.41. The molecule has 1 aliphatic heterocycles. The summed E-state index contributed by atoms with van der Waals surface area (Å²) >= 11 is 0. The Kier molecular flexibility index (Phi) is 3.26. The normalized spacial score (nSPS) is 19.6. The molecule has 1 amide bonds. The molecule has 0 atom stereocenters. The van der Waals surface area contributed by atoms with Crippen LogP contribution >= 0.6 is 0 Å². The van der Waals surface area contributed by atoms with Crippen molar-refractivity contribution in [3.05, 3.63) is 29.6 Å². The quantitative estimate of drug-likeness (QED) is 0.774. The molecule has 1 aromatic carbocycles. The summed E-state index contributed by atoms with van der Waals surface area (Å²) in [7, 11) is 0. The number of nitrogens with two attached hydrogens (primary N) is 1. The zero-order valence-corrected chi connectivity index (χ0v) is 10.7. The number of nitrogens with one attached hydrogen (secondary N) is 1. The predicted octanol–water partition coefficient (Wildman–Crippen LogP) is 1.12. The van der Waals surface area contributed by atoms with Crippen LogP contribution in [0.3, 0.4) is 0 Å². The number of benzene rings is 1. The summed E-state index contributed by atoms with van der Waals surface area (Å²) in [4.78, 5) is 13.8. The van der Waals surface area contributed by atoms with E-state index >= 15 is 0 Å². The van der Waals surface area contributed by atoms with Crippen LogP contribution in [-0.2, 0) is 11.3 Å². The molecule has 0 radical (unpaired) electrons. The monoisotopic (exact) mass is 251 g/mol. The lowest BCUT2D eigenvalue weighted by atomic mass is 9.98. The number of carbonyl (C=O) groups is 1. The highest BCUT2D eigenvalue weighted by molar-refractivity contribution is 5.86. The van der Waals surface area contributed by atoms with Crippen LogP contribution in [0.2, 0.25) is 0 Å². The Morgan fingerprint density at radius 2 is 2.22 bits per heavy atom. The topological polar surface area (TPSA) is 58.4 Å². The Morgan fingerprint density at radius 1 is 1.50 bits per heavy atom. The molecular formula is C13H18FN3O. The second kappa shape index (κ2) is 4.57. The van der Waals surface area contributed by atoms with Gasteiger partial charge >= 0.3 is 0 Å². The third kappa shape index (κ3) is 2.31. The fraction of sp³-hybridized carbons (Fsp3) is 0.462. The van der Waals surface area contributed by atoms with Gasteiger partial charge in [-0.2, -0.15) is 0 Å². The summed E-state index contributed by atoms with van der Waals surface area (Å²) < 4.78 is 13.7. The summed E-state index contributed by atoms with van der Waals surface area (Å²) in [5, 5.41) is 2.82. The molecule has 0 saturated carbocycles. The van der Waals surface area contributed by atoms with Crippen molar-refractivity contribution in [2.45, 2.75) is 25.9 Å². The van der Waals surface area contributed by atoms with Gasteiger partial charge in [-0.25, -0.2) is 4.39 Å². The smallest absolute Gasteiger partial charge is 0.240 e. The molecule has 4 nitrogen and oxygen atoms in total. The van der Waals surface area contributed by atoms with Crippen LogP contribution in [-0.4, -0.2) is 29.4 Å². The molecule has 5 heteroatoms. The molecule has 1 saturated heterocycles. The molecule has 0 unspecified atom stereocenters. The lowest BCUT2D eigenvalue weighted by Crippen LogP contribution is -2.61. The number of hydrogen-bond acceptors (Lipinski definition) is 3. The van der Waals surface area contributed by atoms with Crippen molar-refractivity contribution >= 4 is 11.6 Å². The van der Waals surface area contributed by atoms with Gasteiger partial charge in [0.15, 0.2) is 0 Å². The number of anilines is 1. The van der Waals surface area contributed by atoms with Gasteiger partial charge in [0, 0.05) is 30.9 Å². The number of nitrogen functional groups attached to an aromatic ring is 1. The summed E-state index contributed by atoms with van der Waals surface area (Å²) in [5.41, 5.74) is 5.87. The van der Waals surface area contributed by atoms with Crippen molar-refractivity contribution in [1.29, 1.82) is 0 Å². The van der Waals surface area contributed by atoms with Gasteiger partial charge < -0.3 is 11.1 Å². The molecule has 1 aliphatic rings. The van der Waals surface area contributed by atoms with E-state index in [1.54, 1.807) is 12.1 Å². The van der Waals surface area contributed by atoms with Gasteiger partial charge in [-0.15, -0.1) is 0 Å². The molecule has 2 rings (SSSR count). The predicted molar refractivity (Wildman–Crippen MR) is 68.3 cm³/mol. The van der Waals surface area contributed by atoms with Crippen LogP contribution in [0, 0.1) is 5.82 Å². The van der Waals surface area contributed by atoms with Gasteiger partial charge in [0.25, 0.3) is 0 Å². The van der Waals surface area contributed by atoms with Gasteiger partial charge in [0.1, 0.15) is 5.82 Å². The Hall–Kier alpha value is -1.62. The minimum Gasteiger partial charge on any atom is -0.399 e. The Balaban J connectivity index is 2.20. The van der Waals surface area contributed by atoms with Crippen LogP contribution in [0.1, 0.15) is 19.4 Å². The number of nitrogens with zero attached hydrogens (tertiary/aromatic N) is 1. The molecule has 0 bridgehead atoms. The van der Waals surface area contributed by atoms with Crippen molar-refractivity contribution in [2.75, 3.05) is 18.8 Å². The minimum atomic E-state index is -0.619. The fourth-order valence-corrected chi connectivity index (χ4v) is 2.12. The highest BCUT2D eigenvalue weighted by Gasteiger charge is 2.37. The maximum atomic E-state index is 13.7. The van der Waals surface area contributed by atoms with E-state index in [1.807, 2.05) is 18.7 Å². The van der Waals surface area contributed by atoms with Crippen molar-refractivity contribution in [2.24, 2.45) is 0 Å². The van der Waals surface area contributed by atoms with E-state index in [-0.39, 0.29) is 11.7 Å². The molecule has 0 aromatic heterocycles. The van der Waals surface area contributed by atoms with E-state index < -0.39 is 5.54 Å². The molecule has 98 valence electrons. The van der Waals surface area contributed by atoms with Crippen LogP contribution < -0.4 is 11.1 Å². The van der Waals surface area contributed by atoms with E-state index in [1.165, 1.54) is 6.07 Å². The van der Waals surface area contributed by atoms with E-state index in [4.69, 9.17) is 5.73 Å². The molecule has 3 N–H and O–H groups in total. The van der Waals surface area contributed by atoms with Crippen molar-refractivity contribution in [1.82, 2.24) is 10.2 Å². The highest BCUT2D eigenvalue weighted by atomic mass is 19.1. The highest BCUT2D eigenvalue weighted by Crippen LogP contribution is 2.22. The average Bonchev–Trinajstić information content (AvgIpc) is 2.28. The largest absolute Gasteiger partial charge is 0.399 e. The maximum absolute atomic E-state index is 13.7. The summed E-state index contributed by atoms with van der Waals surface area (Å²) in [6, 6.07) is 4.66. The van der Waals surface area contributed by atoms with Crippen LogP contribution in [0.5, 0.6) is 0 Å². The first kappa shape index (κ1) is 12.8. The fourth-order valence-electron chi connectivity index (χ4n) is 2.12. The third-order valence-corrected chi connectivity index (χ3v) is 3.45. The second-order valence-corrected chi connectivity index (χ2v) is 5.09.